The van der Waals surface area contributed by atoms with Gasteiger partial charge in [-0.1, -0.05) is 18.2 Å². The van der Waals surface area contributed by atoms with Gasteiger partial charge in [0.1, 0.15) is 0 Å². The van der Waals surface area contributed by atoms with Crippen molar-refractivity contribution in [2.75, 3.05) is 13.6 Å². The number of para-hydroxylation sites is 1. The molecule has 0 aliphatic carbocycles. The second-order valence-corrected chi connectivity index (χ2v) is 6.10. The normalized spacial score (nSPS) is 11.4. The number of aromatic nitrogens is 2. The minimum absolute atomic E-state index is 0. The topological polar surface area (TPSA) is 57.1 Å². The number of nitrogens with zero attached hydrogens (tertiary/aromatic N) is 2. The van der Waals surface area contributed by atoms with Crippen LogP contribution in [-0.4, -0.2) is 29.1 Å². The summed E-state index contributed by atoms with van der Waals surface area (Å²) in [5.41, 5.74) is 5.10. The highest BCUT2D eigenvalue weighted by Gasteiger charge is 2.05. The molecule has 3 N–H and O–H groups in total. The first kappa shape index (κ1) is 19.4. The molecule has 3 aromatic rings. The number of aliphatic imine (C=N–C) groups is 1. The van der Waals surface area contributed by atoms with Crippen molar-refractivity contribution >= 4 is 40.8 Å². The van der Waals surface area contributed by atoms with E-state index in [0.717, 1.165) is 25.5 Å². The SMILES string of the molecule is CN=C(NCCc1c[nH]c2c(C)cccc12)NCc1ccn(C)c1.I. The third-order valence-electron chi connectivity index (χ3n) is 4.27. The zero-order valence-electron chi connectivity index (χ0n) is 15.0. The number of aryl methyl sites for hydroxylation is 2. The number of fused-ring (bicyclic) bond motifs is 1. The number of hydrogen-bond acceptors (Lipinski definition) is 1. The fraction of sp³-hybridized carbons (Fsp3) is 0.316. The Morgan fingerprint density at radius 3 is 2.80 bits per heavy atom. The van der Waals surface area contributed by atoms with Crippen molar-refractivity contribution in [3.63, 3.8) is 0 Å². The number of H-pyrrole nitrogens is 1. The highest BCUT2D eigenvalue weighted by atomic mass is 127. The summed E-state index contributed by atoms with van der Waals surface area (Å²) in [6.45, 7) is 3.75. The average molecular weight is 451 g/mol. The molecule has 134 valence electrons. The number of rotatable bonds is 5. The molecule has 6 heteroatoms. The highest BCUT2D eigenvalue weighted by molar-refractivity contribution is 14.0. The third-order valence-corrected chi connectivity index (χ3v) is 4.27. The van der Waals surface area contributed by atoms with E-state index in [0.29, 0.717) is 0 Å². The highest BCUT2D eigenvalue weighted by Crippen LogP contribution is 2.21. The Balaban J connectivity index is 0.00000225. The van der Waals surface area contributed by atoms with Crippen LogP contribution in [0.5, 0.6) is 0 Å². The summed E-state index contributed by atoms with van der Waals surface area (Å²) in [6, 6.07) is 8.53. The second kappa shape index (κ2) is 8.94. The van der Waals surface area contributed by atoms with Gasteiger partial charge in [0.25, 0.3) is 0 Å². The number of halogens is 1. The molecule has 0 bridgehead atoms. The van der Waals surface area contributed by atoms with Gasteiger partial charge in [0.05, 0.1) is 0 Å². The quantitative estimate of drug-likeness (QED) is 0.317. The first-order valence-electron chi connectivity index (χ1n) is 8.28. The molecule has 0 unspecified atom stereocenters. The first-order valence-corrected chi connectivity index (χ1v) is 8.28. The third kappa shape index (κ3) is 4.78. The lowest BCUT2D eigenvalue weighted by atomic mass is 10.1. The van der Waals surface area contributed by atoms with E-state index in [1.54, 1.807) is 7.05 Å². The maximum Gasteiger partial charge on any atom is 0.191 e. The van der Waals surface area contributed by atoms with Crippen LogP contribution >= 0.6 is 24.0 Å². The van der Waals surface area contributed by atoms with Crippen LogP contribution < -0.4 is 10.6 Å². The van der Waals surface area contributed by atoms with Crippen LogP contribution in [0.25, 0.3) is 10.9 Å². The molecule has 0 atom stereocenters. The van der Waals surface area contributed by atoms with Crippen LogP contribution in [0.1, 0.15) is 16.7 Å². The number of guanidine groups is 1. The van der Waals surface area contributed by atoms with Gasteiger partial charge in [-0.05, 0) is 36.1 Å². The Morgan fingerprint density at radius 2 is 2.08 bits per heavy atom. The van der Waals surface area contributed by atoms with Crippen molar-refractivity contribution in [2.24, 2.45) is 12.0 Å². The van der Waals surface area contributed by atoms with E-state index in [2.05, 4.69) is 64.2 Å². The Kier molecular flexibility index (Phi) is 6.92. The Bertz CT molecular complexity index is 846. The van der Waals surface area contributed by atoms with E-state index < -0.39 is 0 Å². The van der Waals surface area contributed by atoms with Gasteiger partial charge >= 0.3 is 0 Å². The summed E-state index contributed by atoms with van der Waals surface area (Å²) in [7, 11) is 3.83. The molecule has 0 saturated heterocycles. The maximum absolute atomic E-state index is 4.29. The summed E-state index contributed by atoms with van der Waals surface area (Å²) in [5, 5.41) is 8.03. The van der Waals surface area contributed by atoms with Crippen LogP contribution in [0.3, 0.4) is 0 Å². The van der Waals surface area contributed by atoms with Crippen LogP contribution in [0.15, 0.2) is 47.8 Å². The molecule has 0 amide bonds. The van der Waals surface area contributed by atoms with E-state index in [-0.39, 0.29) is 24.0 Å². The van der Waals surface area contributed by atoms with Gasteiger partial charge in [-0.2, -0.15) is 0 Å². The summed E-state index contributed by atoms with van der Waals surface area (Å²) < 4.78 is 2.05. The van der Waals surface area contributed by atoms with Gasteiger partial charge in [0.2, 0.25) is 0 Å². The van der Waals surface area contributed by atoms with E-state index in [4.69, 9.17) is 0 Å². The van der Waals surface area contributed by atoms with Gasteiger partial charge in [-0.25, -0.2) is 0 Å². The molecule has 2 aromatic heterocycles. The predicted molar refractivity (Wildman–Crippen MR) is 116 cm³/mol. The molecule has 0 radical (unpaired) electrons. The van der Waals surface area contributed by atoms with Gasteiger partial charge in [0, 0.05) is 56.7 Å². The summed E-state index contributed by atoms with van der Waals surface area (Å²) >= 11 is 0. The van der Waals surface area contributed by atoms with E-state index in [1.165, 1.54) is 27.6 Å². The predicted octanol–water partition coefficient (Wildman–Crippen LogP) is 3.34. The largest absolute Gasteiger partial charge is 0.361 e. The first-order chi connectivity index (χ1) is 11.7. The van der Waals surface area contributed by atoms with Gasteiger partial charge < -0.3 is 20.2 Å². The fourth-order valence-corrected chi connectivity index (χ4v) is 2.96. The minimum Gasteiger partial charge on any atom is -0.361 e. The summed E-state index contributed by atoms with van der Waals surface area (Å²) in [6.07, 6.45) is 7.22. The number of benzene rings is 1. The Hall–Kier alpha value is -1.96. The molecule has 25 heavy (non-hydrogen) atoms. The molecule has 2 heterocycles. The van der Waals surface area contributed by atoms with Crippen LogP contribution in [0.4, 0.5) is 0 Å². The molecule has 5 nitrogen and oxygen atoms in total. The van der Waals surface area contributed by atoms with Crippen LogP contribution in [-0.2, 0) is 20.0 Å². The van der Waals surface area contributed by atoms with Gasteiger partial charge in [-0.3, -0.25) is 4.99 Å². The monoisotopic (exact) mass is 451 g/mol. The lowest BCUT2D eigenvalue weighted by molar-refractivity contribution is 0.794. The molecular formula is C19H26IN5. The maximum atomic E-state index is 4.29. The average Bonchev–Trinajstić information content (AvgIpc) is 3.18. The molecule has 0 fully saturated rings. The van der Waals surface area contributed by atoms with E-state index in [9.17, 15) is 0 Å². The van der Waals surface area contributed by atoms with Gasteiger partial charge in [-0.15, -0.1) is 24.0 Å². The molecule has 0 aliphatic rings. The van der Waals surface area contributed by atoms with Crippen molar-refractivity contribution in [1.29, 1.82) is 0 Å². The lowest BCUT2D eigenvalue weighted by Gasteiger charge is -2.11. The Morgan fingerprint density at radius 1 is 1.24 bits per heavy atom. The van der Waals surface area contributed by atoms with Crippen LogP contribution in [0.2, 0.25) is 0 Å². The second-order valence-electron chi connectivity index (χ2n) is 6.10. The number of aromatic amines is 1. The fourth-order valence-electron chi connectivity index (χ4n) is 2.96. The molecule has 0 saturated carbocycles. The van der Waals surface area contributed by atoms with Gasteiger partial charge in [0.15, 0.2) is 5.96 Å². The van der Waals surface area contributed by atoms with Crippen molar-refractivity contribution in [3.05, 3.63) is 59.5 Å². The molecule has 0 aliphatic heterocycles. The van der Waals surface area contributed by atoms with E-state index >= 15 is 0 Å². The molecular weight excluding hydrogens is 425 g/mol. The smallest absolute Gasteiger partial charge is 0.191 e. The summed E-state index contributed by atoms with van der Waals surface area (Å²) in [5.74, 6) is 0.829. The number of nitrogens with one attached hydrogen (secondary N) is 3. The van der Waals surface area contributed by atoms with Crippen molar-refractivity contribution in [1.82, 2.24) is 20.2 Å². The van der Waals surface area contributed by atoms with Crippen molar-refractivity contribution in [2.45, 2.75) is 19.9 Å². The van der Waals surface area contributed by atoms with Crippen LogP contribution in [0, 0.1) is 6.92 Å². The standard InChI is InChI=1S/C19H25N5.HI/c1-14-5-4-6-17-16(12-22-18(14)17)7-9-21-19(20-2)23-11-15-8-10-24(3)13-15;/h4-6,8,10,12-13,22H,7,9,11H2,1-3H3,(H2,20,21,23);1H. The minimum atomic E-state index is 0. The Labute approximate surface area is 165 Å². The molecule has 0 spiro atoms. The lowest BCUT2D eigenvalue weighted by Crippen LogP contribution is -2.37. The summed E-state index contributed by atoms with van der Waals surface area (Å²) in [4.78, 5) is 7.67. The van der Waals surface area contributed by atoms with E-state index in [1.807, 2.05) is 17.8 Å². The van der Waals surface area contributed by atoms with Crippen molar-refractivity contribution < 1.29 is 0 Å². The number of hydrogen-bond donors (Lipinski definition) is 3. The zero-order chi connectivity index (χ0) is 16.9. The van der Waals surface area contributed by atoms with Crippen molar-refractivity contribution in [3.8, 4) is 0 Å². The zero-order valence-corrected chi connectivity index (χ0v) is 17.3. The molecule has 3 rings (SSSR count). The molecule has 1 aromatic carbocycles.